The second-order valence-electron chi connectivity index (χ2n) is 6.11. The van der Waals surface area contributed by atoms with E-state index in [0.29, 0.717) is 6.54 Å². The predicted octanol–water partition coefficient (Wildman–Crippen LogP) is 3.22. The summed E-state index contributed by atoms with van der Waals surface area (Å²) in [5.41, 5.74) is 2.17. The molecule has 0 bridgehead atoms. The minimum absolute atomic E-state index is 0.182. The van der Waals surface area contributed by atoms with Gasteiger partial charge in [0.15, 0.2) is 0 Å². The van der Waals surface area contributed by atoms with Gasteiger partial charge in [0.05, 0.1) is 18.1 Å². The molecule has 0 radical (unpaired) electrons. The van der Waals surface area contributed by atoms with Crippen LogP contribution in [-0.2, 0) is 24.4 Å². The Morgan fingerprint density at radius 1 is 1.39 bits per heavy atom. The van der Waals surface area contributed by atoms with E-state index in [1.165, 1.54) is 11.8 Å². The summed E-state index contributed by atoms with van der Waals surface area (Å²) < 4.78 is 21.4. The van der Waals surface area contributed by atoms with Crippen molar-refractivity contribution >= 4 is 0 Å². The Morgan fingerprint density at radius 3 is 3.04 bits per heavy atom. The van der Waals surface area contributed by atoms with Crippen LogP contribution in [0, 0.1) is 5.82 Å². The highest BCUT2D eigenvalue weighted by atomic mass is 19.1. The molecule has 0 N–H and O–H groups in total. The molecule has 0 saturated carbocycles. The predicted molar refractivity (Wildman–Crippen MR) is 87.4 cm³/mol. The first-order valence-corrected chi connectivity index (χ1v) is 8.32. The van der Waals surface area contributed by atoms with Crippen LogP contribution in [0.25, 0.3) is 0 Å². The normalized spacial score (nSPS) is 18.0. The SMILES string of the molecule is CCn1cncc1CN(Cc1cccc(F)c1)C[C@H]1CCCO1. The van der Waals surface area contributed by atoms with Crippen LogP contribution in [0.4, 0.5) is 4.39 Å². The summed E-state index contributed by atoms with van der Waals surface area (Å²) in [6.07, 6.45) is 6.29. The Kier molecular flexibility index (Phi) is 5.41. The zero-order valence-corrected chi connectivity index (χ0v) is 13.6. The van der Waals surface area contributed by atoms with Gasteiger partial charge in [-0.3, -0.25) is 4.90 Å². The average molecular weight is 317 g/mol. The van der Waals surface area contributed by atoms with Crippen molar-refractivity contribution in [3.63, 3.8) is 0 Å². The fourth-order valence-electron chi connectivity index (χ4n) is 3.15. The number of aromatic nitrogens is 2. The molecule has 1 atom stereocenters. The van der Waals surface area contributed by atoms with Crippen LogP contribution >= 0.6 is 0 Å². The van der Waals surface area contributed by atoms with Crippen LogP contribution < -0.4 is 0 Å². The summed E-state index contributed by atoms with van der Waals surface area (Å²) in [4.78, 5) is 6.57. The highest BCUT2D eigenvalue weighted by Crippen LogP contribution is 2.17. The van der Waals surface area contributed by atoms with Gasteiger partial charge >= 0.3 is 0 Å². The molecule has 2 heterocycles. The topological polar surface area (TPSA) is 30.3 Å². The van der Waals surface area contributed by atoms with Gasteiger partial charge in [-0.2, -0.15) is 0 Å². The van der Waals surface area contributed by atoms with E-state index in [0.717, 1.165) is 44.6 Å². The van der Waals surface area contributed by atoms with Gasteiger partial charge in [0.2, 0.25) is 0 Å². The second kappa shape index (κ2) is 7.70. The highest BCUT2D eigenvalue weighted by Gasteiger charge is 2.20. The number of ether oxygens (including phenoxy) is 1. The summed E-state index contributed by atoms with van der Waals surface area (Å²) in [7, 11) is 0. The van der Waals surface area contributed by atoms with E-state index < -0.39 is 0 Å². The van der Waals surface area contributed by atoms with Crippen molar-refractivity contribution in [2.24, 2.45) is 0 Å². The summed E-state index contributed by atoms with van der Waals surface area (Å²) in [6.45, 7) is 6.25. The molecule has 2 aromatic rings. The second-order valence-corrected chi connectivity index (χ2v) is 6.11. The maximum absolute atomic E-state index is 13.5. The molecule has 23 heavy (non-hydrogen) atoms. The lowest BCUT2D eigenvalue weighted by molar-refractivity contribution is 0.0671. The van der Waals surface area contributed by atoms with E-state index in [9.17, 15) is 4.39 Å². The molecule has 3 rings (SSSR count). The van der Waals surface area contributed by atoms with E-state index in [-0.39, 0.29) is 11.9 Å². The Bertz CT molecular complexity index is 622. The van der Waals surface area contributed by atoms with Gasteiger partial charge in [-0.05, 0) is 37.5 Å². The molecule has 0 unspecified atom stereocenters. The fourth-order valence-corrected chi connectivity index (χ4v) is 3.15. The van der Waals surface area contributed by atoms with Gasteiger partial charge in [0.25, 0.3) is 0 Å². The third-order valence-electron chi connectivity index (χ3n) is 4.31. The summed E-state index contributed by atoms with van der Waals surface area (Å²) >= 11 is 0. The lowest BCUT2D eigenvalue weighted by Gasteiger charge is -2.25. The number of halogens is 1. The molecule has 0 spiro atoms. The first-order chi connectivity index (χ1) is 11.2. The Labute approximate surface area is 136 Å². The molecule has 124 valence electrons. The van der Waals surface area contributed by atoms with Crippen molar-refractivity contribution in [3.05, 3.63) is 53.9 Å². The van der Waals surface area contributed by atoms with Gasteiger partial charge in [0.1, 0.15) is 5.82 Å². The number of benzene rings is 1. The van der Waals surface area contributed by atoms with Crippen molar-refractivity contribution in [3.8, 4) is 0 Å². The third kappa shape index (κ3) is 4.39. The Morgan fingerprint density at radius 2 is 2.30 bits per heavy atom. The molecule has 0 amide bonds. The third-order valence-corrected chi connectivity index (χ3v) is 4.31. The number of hydrogen-bond acceptors (Lipinski definition) is 3. The minimum atomic E-state index is -0.182. The minimum Gasteiger partial charge on any atom is -0.377 e. The molecule has 1 aliphatic rings. The highest BCUT2D eigenvalue weighted by molar-refractivity contribution is 5.16. The lowest BCUT2D eigenvalue weighted by Crippen LogP contribution is -2.32. The molecule has 1 aromatic carbocycles. The van der Waals surface area contributed by atoms with E-state index >= 15 is 0 Å². The maximum Gasteiger partial charge on any atom is 0.123 e. The number of imidazole rings is 1. The summed E-state index contributed by atoms with van der Waals surface area (Å²) in [5.74, 6) is -0.182. The summed E-state index contributed by atoms with van der Waals surface area (Å²) in [6, 6.07) is 6.84. The van der Waals surface area contributed by atoms with Crippen LogP contribution in [0.1, 0.15) is 31.0 Å². The molecule has 1 aliphatic heterocycles. The standard InChI is InChI=1S/C18H24FN3O/c1-2-22-14-20-10-17(22)12-21(13-18-7-4-8-23-18)11-15-5-3-6-16(19)9-15/h3,5-6,9-10,14,18H,2,4,7-8,11-13H2,1H3/t18-/m1/s1. The van der Waals surface area contributed by atoms with Crippen LogP contribution in [-0.4, -0.2) is 33.7 Å². The Hall–Kier alpha value is -1.72. The lowest BCUT2D eigenvalue weighted by atomic mass is 10.1. The van der Waals surface area contributed by atoms with Gasteiger partial charge in [-0.1, -0.05) is 12.1 Å². The van der Waals surface area contributed by atoms with Crippen LogP contribution in [0.15, 0.2) is 36.8 Å². The van der Waals surface area contributed by atoms with Crippen molar-refractivity contribution in [1.82, 2.24) is 14.5 Å². The first kappa shape index (κ1) is 16.1. The van der Waals surface area contributed by atoms with Crippen molar-refractivity contribution in [1.29, 1.82) is 0 Å². The number of aryl methyl sites for hydroxylation is 1. The molecule has 0 aliphatic carbocycles. The van der Waals surface area contributed by atoms with Gasteiger partial charge in [-0.25, -0.2) is 9.37 Å². The van der Waals surface area contributed by atoms with Crippen LogP contribution in [0.2, 0.25) is 0 Å². The average Bonchev–Trinajstić information content (AvgIpc) is 3.18. The van der Waals surface area contributed by atoms with E-state index in [4.69, 9.17) is 4.74 Å². The monoisotopic (exact) mass is 317 g/mol. The fraction of sp³-hybridized carbons (Fsp3) is 0.500. The van der Waals surface area contributed by atoms with Crippen molar-refractivity contribution < 1.29 is 9.13 Å². The molecule has 4 nitrogen and oxygen atoms in total. The number of rotatable bonds is 7. The largest absolute Gasteiger partial charge is 0.377 e. The van der Waals surface area contributed by atoms with Crippen molar-refractivity contribution in [2.45, 2.75) is 45.5 Å². The maximum atomic E-state index is 13.5. The molecule has 1 aromatic heterocycles. The van der Waals surface area contributed by atoms with E-state index in [2.05, 4.69) is 21.4 Å². The molecule has 1 fully saturated rings. The molecular weight excluding hydrogens is 293 g/mol. The van der Waals surface area contributed by atoms with E-state index in [1.807, 2.05) is 18.6 Å². The smallest absolute Gasteiger partial charge is 0.123 e. The first-order valence-electron chi connectivity index (χ1n) is 8.32. The van der Waals surface area contributed by atoms with E-state index in [1.54, 1.807) is 12.1 Å². The quantitative estimate of drug-likeness (QED) is 0.785. The summed E-state index contributed by atoms with van der Waals surface area (Å²) in [5, 5.41) is 0. The zero-order chi connectivity index (χ0) is 16.1. The van der Waals surface area contributed by atoms with Gasteiger partial charge < -0.3 is 9.30 Å². The van der Waals surface area contributed by atoms with Crippen LogP contribution in [0.3, 0.4) is 0 Å². The molecule has 5 heteroatoms. The Balaban J connectivity index is 1.72. The van der Waals surface area contributed by atoms with Gasteiger partial charge in [-0.15, -0.1) is 0 Å². The van der Waals surface area contributed by atoms with Gasteiger partial charge in [0, 0.05) is 39.0 Å². The zero-order valence-electron chi connectivity index (χ0n) is 13.6. The van der Waals surface area contributed by atoms with Crippen LogP contribution in [0.5, 0.6) is 0 Å². The number of nitrogens with zero attached hydrogens (tertiary/aromatic N) is 3. The van der Waals surface area contributed by atoms with Crippen molar-refractivity contribution in [2.75, 3.05) is 13.2 Å². The molecule has 1 saturated heterocycles. The number of hydrogen-bond donors (Lipinski definition) is 0. The molecular formula is C18H24FN3O.